The molecule has 0 aliphatic heterocycles. The molecule has 0 fully saturated rings. The van der Waals surface area contributed by atoms with Gasteiger partial charge in [-0.25, -0.2) is 0 Å². The predicted octanol–water partition coefficient (Wildman–Crippen LogP) is 8.20. The molecule has 0 radical (unpaired) electrons. The van der Waals surface area contributed by atoms with Gasteiger partial charge in [-0.05, 0) is 34.8 Å². The summed E-state index contributed by atoms with van der Waals surface area (Å²) in [5.74, 6) is 0. The van der Waals surface area contributed by atoms with Gasteiger partial charge in [0.25, 0.3) is 0 Å². The number of fused-ring (bicyclic) bond motifs is 5. The van der Waals surface area contributed by atoms with Crippen LogP contribution in [0.15, 0.2) is 140 Å². The van der Waals surface area contributed by atoms with Crippen molar-refractivity contribution in [3.8, 4) is 10.4 Å². The first kappa shape index (κ1) is 23.2. The highest BCUT2D eigenvalue weighted by molar-refractivity contribution is 7.85. The van der Waals surface area contributed by atoms with Crippen LogP contribution in [0.3, 0.4) is 0 Å². The molecule has 5 aromatic carbocycles. The van der Waals surface area contributed by atoms with Crippen LogP contribution < -0.4 is 15.9 Å². The van der Waals surface area contributed by atoms with E-state index in [1.165, 1.54) is 37.2 Å². The lowest BCUT2D eigenvalue weighted by atomic mass is 9.94. The molecule has 0 saturated carbocycles. The molecule has 0 N–H and O–H groups in total. The normalized spacial score (nSPS) is 12.9. The van der Waals surface area contributed by atoms with Crippen molar-refractivity contribution < 1.29 is 4.57 Å². The Kier molecular flexibility index (Phi) is 5.73. The highest BCUT2D eigenvalue weighted by Gasteiger charge is 2.30. The third-order valence-corrected chi connectivity index (χ3v) is 11.7. The molecule has 3 heteroatoms. The summed E-state index contributed by atoms with van der Waals surface area (Å²) < 4.78 is 16.1. The molecule has 0 unspecified atom stereocenters. The van der Waals surface area contributed by atoms with E-state index >= 15 is 0 Å². The summed E-state index contributed by atoms with van der Waals surface area (Å²) in [5.41, 5.74) is 6.37. The van der Waals surface area contributed by atoms with Gasteiger partial charge in [0, 0.05) is 36.4 Å². The third-order valence-electron chi connectivity index (χ3n) is 7.43. The van der Waals surface area contributed by atoms with Crippen LogP contribution in [0.4, 0.5) is 0 Å². The van der Waals surface area contributed by atoms with Gasteiger partial charge in [0.2, 0.25) is 0 Å². The maximum Gasteiger partial charge on any atom is 0.171 e. The molecule has 1 nitrogen and oxygen atoms in total. The molecule has 1 aliphatic rings. The topological polar surface area (TPSA) is 17.1 Å². The van der Waals surface area contributed by atoms with E-state index in [0.29, 0.717) is 0 Å². The van der Waals surface area contributed by atoms with Crippen molar-refractivity contribution in [1.82, 2.24) is 0 Å². The molecule has 0 atom stereocenters. The predicted molar refractivity (Wildman–Crippen MR) is 164 cm³/mol. The van der Waals surface area contributed by atoms with E-state index in [1.54, 1.807) is 0 Å². The van der Waals surface area contributed by atoms with Gasteiger partial charge in [0.05, 0.1) is 0 Å². The zero-order chi connectivity index (χ0) is 25.5. The van der Waals surface area contributed by atoms with Crippen LogP contribution in [0.5, 0.6) is 0 Å². The van der Waals surface area contributed by atoms with Gasteiger partial charge in [-0.3, -0.25) is 0 Å². The fourth-order valence-corrected chi connectivity index (χ4v) is 9.50. The Hall–Kier alpha value is -3.97. The van der Waals surface area contributed by atoms with Crippen LogP contribution >= 0.6 is 18.5 Å². The standard InChI is InChI=1S/C35H25OPS/c36-37(27-12-3-1-4-13-27,28-14-5-2-6-15-28)29-22-19-26(20-23-29)30-24-21-25-11-7-8-16-31(25)35-34(30)32-17-9-10-18-33(32)38-35/h1-20,22-24H,21H2. The van der Waals surface area contributed by atoms with Crippen molar-refractivity contribution in [2.24, 2.45) is 0 Å². The number of hydrogen-bond donors (Lipinski definition) is 0. The molecule has 0 spiro atoms. The van der Waals surface area contributed by atoms with Crippen LogP contribution in [0, 0.1) is 0 Å². The van der Waals surface area contributed by atoms with Gasteiger partial charge >= 0.3 is 0 Å². The maximum absolute atomic E-state index is 14.8. The summed E-state index contributed by atoms with van der Waals surface area (Å²) in [5, 5.41) is 3.86. The Morgan fingerprint density at radius 2 is 1.16 bits per heavy atom. The second-order valence-electron chi connectivity index (χ2n) is 9.61. The number of hydrogen-bond acceptors (Lipinski definition) is 2. The molecule has 1 aromatic heterocycles. The quantitative estimate of drug-likeness (QED) is 0.213. The zero-order valence-electron chi connectivity index (χ0n) is 20.7. The van der Waals surface area contributed by atoms with Crippen LogP contribution in [-0.2, 0) is 11.0 Å². The van der Waals surface area contributed by atoms with E-state index in [1.807, 2.05) is 72.0 Å². The molecule has 0 bridgehead atoms. The van der Waals surface area contributed by atoms with Gasteiger partial charge < -0.3 is 4.57 Å². The minimum Gasteiger partial charge on any atom is -0.309 e. The molecule has 182 valence electrons. The Bertz CT molecular complexity index is 1800. The summed E-state index contributed by atoms with van der Waals surface area (Å²) >= 11 is 1.87. The Morgan fingerprint density at radius 3 is 1.87 bits per heavy atom. The van der Waals surface area contributed by atoms with E-state index in [4.69, 9.17) is 0 Å². The molecular weight excluding hydrogens is 499 g/mol. The zero-order valence-corrected chi connectivity index (χ0v) is 22.5. The van der Waals surface area contributed by atoms with E-state index in [0.717, 1.165) is 27.9 Å². The lowest BCUT2D eigenvalue weighted by Crippen LogP contribution is -2.24. The number of thiophene rings is 1. The summed E-state index contributed by atoms with van der Waals surface area (Å²) in [6.45, 7) is 0. The second-order valence-corrected chi connectivity index (χ2v) is 13.4. The van der Waals surface area contributed by atoms with Crippen LogP contribution in [0.2, 0.25) is 0 Å². The first-order valence-corrected chi connectivity index (χ1v) is 15.4. The van der Waals surface area contributed by atoms with Crippen molar-refractivity contribution >= 4 is 50.1 Å². The molecule has 6 aromatic rings. The minimum atomic E-state index is -3.00. The summed E-state index contributed by atoms with van der Waals surface area (Å²) in [6, 6.07) is 45.7. The number of benzene rings is 5. The highest BCUT2D eigenvalue weighted by Crippen LogP contribution is 2.47. The largest absolute Gasteiger partial charge is 0.309 e. The fourth-order valence-electron chi connectivity index (χ4n) is 5.57. The fraction of sp³-hybridized carbons (Fsp3) is 0.0286. The molecule has 1 heterocycles. The van der Waals surface area contributed by atoms with E-state index in [-0.39, 0.29) is 0 Å². The minimum absolute atomic E-state index is 0.853. The van der Waals surface area contributed by atoms with Crippen molar-refractivity contribution in [1.29, 1.82) is 0 Å². The third kappa shape index (κ3) is 3.72. The first-order valence-electron chi connectivity index (χ1n) is 12.9. The van der Waals surface area contributed by atoms with Crippen LogP contribution in [0.1, 0.15) is 16.7 Å². The van der Waals surface area contributed by atoms with Crippen LogP contribution in [-0.4, -0.2) is 0 Å². The van der Waals surface area contributed by atoms with E-state index < -0.39 is 7.14 Å². The monoisotopic (exact) mass is 524 g/mol. The number of allylic oxidation sites excluding steroid dienone is 1. The van der Waals surface area contributed by atoms with Gasteiger partial charge in [-0.2, -0.15) is 0 Å². The molecule has 0 amide bonds. The Balaban J connectivity index is 1.39. The molecule has 38 heavy (non-hydrogen) atoms. The van der Waals surface area contributed by atoms with Gasteiger partial charge in [0.15, 0.2) is 7.14 Å². The average Bonchev–Trinajstić information content (AvgIpc) is 3.29. The molecule has 7 rings (SSSR count). The lowest BCUT2D eigenvalue weighted by Gasteiger charge is -2.20. The number of rotatable bonds is 4. The maximum atomic E-state index is 14.8. The molecule has 1 aliphatic carbocycles. The van der Waals surface area contributed by atoms with E-state index in [9.17, 15) is 4.57 Å². The summed E-state index contributed by atoms with van der Waals surface area (Å²) in [7, 11) is -3.00. The van der Waals surface area contributed by atoms with Gasteiger partial charge in [-0.15, -0.1) is 11.3 Å². The van der Waals surface area contributed by atoms with Crippen molar-refractivity contribution in [2.75, 3.05) is 0 Å². The second kappa shape index (κ2) is 9.40. The smallest absolute Gasteiger partial charge is 0.171 e. The highest BCUT2D eigenvalue weighted by atomic mass is 32.1. The Morgan fingerprint density at radius 1 is 0.579 bits per heavy atom. The Labute approximate surface area is 227 Å². The summed E-state index contributed by atoms with van der Waals surface area (Å²) in [4.78, 5) is 1.33. The van der Waals surface area contributed by atoms with Crippen LogP contribution in [0.25, 0.3) is 26.1 Å². The summed E-state index contributed by atoms with van der Waals surface area (Å²) in [6.07, 6.45) is 3.25. The SMILES string of the molecule is O=P(c1ccccc1)(c1ccccc1)c1ccc(C2=CCc3ccccc3-c3sc4ccccc4c32)cc1. The van der Waals surface area contributed by atoms with Crippen molar-refractivity contribution in [3.05, 3.63) is 156 Å². The van der Waals surface area contributed by atoms with Gasteiger partial charge in [0.1, 0.15) is 0 Å². The average molecular weight is 525 g/mol. The van der Waals surface area contributed by atoms with Crippen molar-refractivity contribution in [3.63, 3.8) is 0 Å². The van der Waals surface area contributed by atoms with Gasteiger partial charge in [-0.1, -0.05) is 133 Å². The first-order chi connectivity index (χ1) is 18.7. The van der Waals surface area contributed by atoms with Crippen molar-refractivity contribution in [2.45, 2.75) is 6.42 Å². The molecule has 0 saturated heterocycles. The molecular formula is C35H25OPS. The lowest BCUT2D eigenvalue weighted by molar-refractivity contribution is 0.592. The van der Waals surface area contributed by atoms with E-state index in [2.05, 4.69) is 78.9 Å².